The Kier molecular flexibility index (Phi) is 10.0. The van der Waals surface area contributed by atoms with Crippen molar-refractivity contribution in [3.8, 4) is 0 Å². The highest BCUT2D eigenvalue weighted by atomic mass is 32.2. The molecule has 1 aromatic heterocycles. The fourth-order valence-corrected chi connectivity index (χ4v) is 5.54. The van der Waals surface area contributed by atoms with Gasteiger partial charge in [-0.1, -0.05) is 24.3 Å². The Hall–Kier alpha value is -3.08. The van der Waals surface area contributed by atoms with E-state index in [1.165, 1.54) is 0 Å². The number of carbonyl (C=O) groups excluding carboxylic acids is 2. The number of benzene rings is 2. The van der Waals surface area contributed by atoms with Crippen molar-refractivity contribution in [2.24, 2.45) is 5.73 Å². The van der Waals surface area contributed by atoms with Gasteiger partial charge < -0.3 is 30.6 Å². The largest absolute Gasteiger partial charge is 0.385 e. The smallest absolute Gasteiger partial charge is 0.319 e. The molecule has 204 valence electrons. The Balaban J connectivity index is 1.33. The number of hydrogen-bond donors (Lipinski definition) is 3. The molecule has 2 atom stereocenters. The van der Waals surface area contributed by atoms with Crippen LogP contribution in [-0.2, 0) is 16.1 Å². The maximum absolute atomic E-state index is 13.1. The molecule has 3 aromatic rings. The number of imidazole rings is 1. The number of likely N-dealkylation sites (tertiary alicyclic amines) is 1. The number of fused-ring (bicyclic) bond motifs is 1. The monoisotopic (exact) mass is 538 g/mol. The van der Waals surface area contributed by atoms with Crippen molar-refractivity contribution in [3.63, 3.8) is 0 Å². The molecule has 1 fully saturated rings. The quantitative estimate of drug-likeness (QED) is 0.251. The molecular formula is C28H38N6O3S. The second-order valence-corrected chi connectivity index (χ2v) is 10.5. The molecule has 0 unspecified atom stereocenters. The number of nitrogens with one attached hydrogen (secondary N) is 2. The molecule has 38 heavy (non-hydrogen) atoms. The molecule has 1 aliphatic rings. The highest BCUT2D eigenvalue weighted by Crippen LogP contribution is 2.30. The van der Waals surface area contributed by atoms with Gasteiger partial charge >= 0.3 is 6.03 Å². The van der Waals surface area contributed by atoms with Gasteiger partial charge in [-0.05, 0) is 49.8 Å². The maximum Gasteiger partial charge on any atom is 0.319 e. The van der Waals surface area contributed by atoms with Gasteiger partial charge in [0, 0.05) is 63.2 Å². The number of aryl methyl sites for hydroxylation is 1. The Morgan fingerprint density at radius 3 is 2.82 bits per heavy atom. The first-order valence-electron chi connectivity index (χ1n) is 13.2. The van der Waals surface area contributed by atoms with Crippen molar-refractivity contribution in [2.75, 3.05) is 44.9 Å². The molecule has 0 aliphatic carbocycles. The predicted molar refractivity (Wildman–Crippen MR) is 153 cm³/mol. The number of amides is 3. The lowest BCUT2D eigenvalue weighted by atomic mass is 9.96. The van der Waals surface area contributed by atoms with Gasteiger partial charge in [-0.15, -0.1) is 11.8 Å². The summed E-state index contributed by atoms with van der Waals surface area (Å²) in [7, 11) is 1.72. The highest BCUT2D eigenvalue weighted by molar-refractivity contribution is 7.98. The zero-order valence-electron chi connectivity index (χ0n) is 22.2. The molecule has 2 aromatic carbocycles. The first-order chi connectivity index (χ1) is 18.5. The second-order valence-electron chi connectivity index (χ2n) is 9.64. The normalized spacial score (nSPS) is 16.4. The molecule has 0 bridgehead atoms. The number of nitrogens with two attached hydrogens (primary N) is 1. The number of ether oxygens (including phenoxy) is 1. The number of piperidine rings is 1. The van der Waals surface area contributed by atoms with E-state index in [9.17, 15) is 9.59 Å². The summed E-state index contributed by atoms with van der Waals surface area (Å²) in [6.07, 6.45) is 4.95. The van der Waals surface area contributed by atoms with Crippen LogP contribution in [0.3, 0.4) is 0 Å². The van der Waals surface area contributed by atoms with Crippen LogP contribution in [0.5, 0.6) is 0 Å². The third-order valence-corrected chi connectivity index (χ3v) is 7.67. The molecule has 4 rings (SSSR count). The minimum atomic E-state index is -0.469. The standard InChI is InChI=1S/C28H38N6O3S/c1-37-16-8-15-34-24-12-5-3-10-22(24)31-27(34)20-9-7-14-33(19-20)26(35)17-21(29)18-30-28(36)32-23-11-4-6-13-25(23)38-2/h3-6,10-13,20-21H,7-9,14-19,29H2,1-2H3,(H2,30,32,36)/t20-,21-/m1/s1. The fraction of sp³-hybridized carbons (Fsp3) is 0.464. The van der Waals surface area contributed by atoms with E-state index in [1.807, 2.05) is 53.6 Å². The number of carbonyl (C=O) groups is 2. The third kappa shape index (κ3) is 7.06. The number of urea groups is 1. The zero-order chi connectivity index (χ0) is 26.9. The van der Waals surface area contributed by atoms with Gasteiger partial charge in [-0.2, -0.15) is 0 Å². The topological polar surface area (TPSA) is 115 Å². The minimum absolute atomic E-state index is 0.0131. The molecule has 1 saturated heterocycles. The van der Waals surface area contributed by atoms with E-state index in [0.717, 1.165) is 53.2 Å². The van der Waals surface area contributed by atoms with Crippen LogP contribution in [-0.4, -0.2) is 72.0 Å². The van der Waals surface area contributed by atoms with E-state index in [4.69, 9.17) is 15.5 Å². The van der Waals surface area contributed by atoms with Gasteiger partial charge in [0.25, 0.3) is 0 Å². The van der Waals surface area contributed by atoms with E-state index in [0.29, 0.717) is 19.7 Å². The molecule has 2 heterocycles. The molecule has 1 aliphatic heterocycles. The molecule has 0 saturated carbocycles. The van der Waals surface area contributed by atoms with Crippen molar-refractivity contribution in [2.45, 2.75) is 49.1 Å². The Morgan fingerprint density at radius 2 is 2.00 bits per heavy atom. The molecule has 9 nitrogen and oxygen atoms in total. The van der Waals surface area contributed by atoms with Crippen LogP contribution in [0.1, 0.15) is 37.4 Å². The lowest BCUT2D eigenvalue weighted by molar-refractivity contribution is -0.132. The van der Waals surface area contributed by atoms with Crippen molar-refractivity contribution < 1.29 is 14.3 Å². The number of rotatable bonds is 11. The summed E-state index contributed by atoms with van der Waals surface area (Å²) >= 11 is 1.56. The number of methoxy groups -OCH3 is 1. The molecule has 4 N–H and O–H groups in total. The van der Waals surface area contributed by atoms with Gasteiger partial charge in [-0.3, -0.25) is 4.79 Å². The maximum atomic E-state index is 13.1. The number of nitrogens with zero attached hydrogens (tertiary/aromatic N) is 3. The van der Waals surface area contributed by atoms with Gasteiger partial charge in [0.1, 0.15) is 5.82 Å². The van der Waals surface area contributed by atoms with Crippen molar-refractivity contribution in [3.05, 3.63) is 54.4 Å². The summed E-state index contributed by atoms with van der Waals surface area (Å²) in [6.45, 7) is 3.07. The SMILES string of the molecule is COCCCn1c([C@@H]2CCCN(C(=O)C[C@@H](N)CNC(=O)Nc3ccccc3SC)C2)nc2ccccc21. The lowest BCUT2D eigenvalue weighted by Crippen LogP contribution is -2.45. The molecule has 10 heteroatoms. The first kappa shape index (κ1) is 27.9. The molecular weight excluding hydrogens is 500 g/mol. The van der Waals surface area contributed by atoms with Crippen molar-refractivity contribution in [1.29, 1.82) is 0 Å². The van der Waals surface area contributed by atoms with Crippen LogP contribution >= 0.6 is 11.8 Å². The Bertz CT molecular complexity index is 1230. The summed E-state index contributed by atoms with van der Waals surface area (Å²) in [5, 5.41) is 5.65. The predicted octanol–water partition coefficient (Wildman–Crippen LogP) is 4.04. The van der Waals surface area contributed by atoms with E-state index < -0.39 is 6.04 Å². The summed E-state index contributed by atoms with van der Waals surface area (Å²) in [4.78, 5) is 33.4. The van der Waals surface area contributed by atoms with Crippen LogP contribution in [0, 0.1) is 0 Å². The van der Waals surface area contributed by atoms with Gasteiger partial charge in [0.15, 0.2) is 0 Å². The van der Waals surface area contributed by atoms with E-state index in [2.05, 4.69) is 21.3 Å². The van der Waals surface area contributed by atoms with E-state index >= 15 is 0 Å². The number of para-hydroxylation sites is 3. The molecule has 3 amide bonds. The number of aromatic nitrogens is 2. The Morgan fingerprint density at radius 1 is 1.21 bits per heavy atom. The average Bonchev–Trinajstić information content (AvgIpc) is 3.31. The number of hydrogen-bond acceptors (Lipinski definition) is 6. The van der Waals surface area contributed by atoms with Crippen molar-refractivity contribution >= 4 is 40.4 Å². The van der Waals surface area contributed by atoms with Gasteiger partial charge in [0.05, 0.1) is 16.7 Å². The number of anilines is 1. The lowest BCUT2D eigenvalue weighted by Gasteiger charge is -2.33. The highest BCUT2D eigenvalue weighted by Gasteiger charge is 2.29. The van der Waals surface area contributed by atoms with Crippen LogP contribution in [0.15, 0.2) is 53.4 Å². The summed E-state index contributed by atoms with van der Waals surface area (Å²) < 4.78 is 7.56. The number of thioether (sulfide) groups is 1. The van der Waals surface area contributed by atoms with Crippen LogP contribution in [0.2, 0.25) is 0 Å². The summed E-state index contributed by atoms with van der Waals surface area (Å²) in [6, 6.07) is 15.0. The van der Waals surface area contributed by atoms with Crippen LogP contribution < -0.4 is 16.4 Å². The van der Waals surface area contributed by atoms with Gasteiger partial charge in [0.2, 0.25) is 5.91 Å². The van der Waals surface area contributed by atoms with Crippen molar-refractivity contribution in [1.82, 2.24) is 19.8 Å². The van der Waals surface area contributed by atoms with Crippen LogP contribution in [0.4, 0.5) is 10.5 Å². The fourth-order valence-electron chi connectivity index (χ4n) is 4.99. The van der Waals surface area contributed by atoms with E-state index in [1.54, 1.807) is 18.9 Å². The van der Waals surface area contributed by atoms with E-state index in [-0.39, 0.29) is 30.8 Å². The zero-order valence-corrected chi connectivity index (χ0v) is 23.0. The minimum Gasteiger partial charge on any atom is -0.385 e. The summed E-state index contributed by atoms with van der Waals surface area (Å²) in [5.74, 6) is 1.21. The molecule has 0 radical (unpaired) electrons. The third-order valence-electron chi connectivity index (χ3n) is 6.87. The second kappa shape index (κ2) is 13.6. The average molecular weight is 539 g/mol. The van der Waals surface area contributed by atoms with Gasteiger partial charge in [-0.25, -0.2) is 9.78 Å². The summed E-state index contributed by atoms with van der Waals surface area (Å²) in [5.41, 5.74) is 9.09. The van der Waals surface area contributed by atoms with Crippen LogP contribution in [0.25, 0.3) is 11.0 Å². The first-order valence-corrected chi connectivity index (χ1v) is 14.4. The Labute approximate surface area is 228 Å². The molecule has 0 spiro atoms.